The fraction of sp³-hybridized carbons (Fsp3) is 0.417. The van der Waals surface area contributed by atoms with Crippen LogP contribution in [0.3, 0.4) is 0 Å². The van der Waals surface area contributed by atoms with E-state index in [1.807, 2.05) is 0 Å². The van der Waals surface area contributed by atoms with Gasteiger partial charge in [-0.2, -0.15) is 12.8 Å². The third-order valence-electron chi connectivity index (χ3n) is 2.55. The zero-order valence-electron chi connectivity index (χ0n) is 9.03. The second-order valence-corrected chi connectivity index (χ2v) is 3.63. The molecule has 1 aromatic carbocycles. The van der Waals surface area contributed by atoms with E-state index >= 15 is 0 Å². The van der Waals surface area contributed by atoms with Crippen molar-refractivity contribution in [2.24, 2.45) is 0 Å². The minimum Gasteiger partial charge on any atom is -1.00 e. The van der Waals surface area contributed by atoms with E-state index in [1.165, 1.54) is 31.5 Å². The first-order chi connectivity index (χ1) is 6.45. The molecule has 1 fully saturated rings. The van der Waals surface area contributed by atoms with Gasteiger partial charge in [0.15, 0.2) is 0 Å². The molecule has 1 heterocycles. The number of rotatable bonds is 2. The van der Waals surface area contributed by atoms with Crippen LogP contribution in [-0.2, 0) is 6.54 Å². The molecule has 1 aromatic rings. The standard InChI is InChI=1S/C12H16N.BrH.Mg/c1-3-7-12(8-4-1)11-13-9-5-2-6-10-13;;/h1-4,7-8H,5-6,9-11H2;1H;/q-1;;+2/p-1. The zero-order chi connectivity index (χ0) is 8.93. The van der Waals surface area contributed by atoms with Gasteiger partial charge in [-0.3, -0.25) is 0 Å². The topological polar surface area (TPSA) is 3.24 Å². The van der Waals surface area contributed by atoms with Gasteiger partial charge in [-0.1, -0.05) is 30.3 Å². The fourth-order valence-electron chi connectivity index (χ4n) is 1.80. The Bertz CT molecular complexity index is 247. The first kappa shape index (κ1) is 15.4. The average molecular weight is 278 g/mol. The van der Waals surface area contributed by atoms with Crippen LogP contribution in [0.4, 0.5) is 0 Å². The predicted molar refractivity (Wildman–Crippen MR) is 61.0 cm³/mol. The molecule has 0 aromatic heterocycles. The molecule has 1 saturated heterocycles. The Hall–Kier alpha value is 0.426. The molecule has 0 atom stereocenters. The third-order valence-corrected chi connectivity index (χ3v) is 2.55. The molecule has 1 aliphatic heterocycles. The van der Waals surface area contributed by atoms with Gasteiger partial charge in [-0.15, -0.1) is 0 Å². The summed E-state index contributed by atoms with van der Waals surface area (Å²) in [5.41, 5.74) is 1.43. The van der Waals surface area contributed by atoms with E-state index in [0.29, 0.717) is 0 Å². The molecule has 0 spiro atoms. The van der Waals surface area contributed by atoms with Crippen molar-refractivity contribution in [3.05, 3.63) is 42.3 Å². The van der Waals surface area contributed by atoms with E-state index in [0.717, 1.165) is 6.54 Å². The zero-order valence-corrected chi connectivity index (χ0v) is 12.0. The van der Waals surface area contributed by atoms with E-state index < -0.39 is 0 Å². The molecule has 0 N–H and O–H groups in total. The number of benzene rings is 1. The largest absolute Gasteiger partial charge is 2.00 e. The second kappa shape index (κ2) is 8.56. The summed E-state index contributed by atoms with van der Waals surface area (Å²) in [5, 5.41) is 0. The molecule has 3 heteroatoms. The van der Waals surface area contributed by atoms with Crippen LogP contribution in [0.15, 0.2) is 30.3 Å². The second-order valence-electron chi connectivity index (χ2n) is 3.63. The first-order valence-corrected chi connectivity index (χ1v) is 5.03. The van der Waals surface area contributed by atoms with Crippen LogP contribution in [0.25, 0.3) is 0 Å². The van der Waals surface area contributed by atoms with Gasteiger partial charge in [-0.05, 0) is 18.7 Å². The van der Waals surface area contributed by atoms with Crippen molar-refractivity contribution in [2.45, 2.75) is 19.4 Å². The predicted octanol–water partition coefficient (Wildman–Crippen LogP) is -0.890. The summed E-state index contributed by atoms with van der Waals surface area (Å²) in [6.45, 7) is 3.58. The normalized spacial score (nSPS) is 16.3. The van der Waals surface area contributed by atoms with Crippen LogP contribution in [0.2, 0.25) is 0 Å². The molecule has 78 valence electrons. The summed E-state index contributed by atoms with van der Waals surface area (Å²) in [7, 11) is 0. The maximum absolute atomic E-state index is 2.52. The van der Waals surface area contributed by atoms with Crippen LogP contribution in [0.1, 0.15) is 18.4 Å². The number of likely N-dealkylation sites (tertiary alicyclic amines) is 1. The third kappa shape index (κ3) is 5.34. The van der Waals surface area contributed by atoms with Crippen molar-refractivity contribution in [1.29, 1.82) is 0 Å². The molecule has 0 aliphatic carbocycles. The Labute approximate surface area is 119 Å². The molecule has 0 radical (unpaired) electrons. The van der Waals surface area contributed by atoms with Crippen LogP contribution in [0, 0.1) is 6.42 Å². The summed E-state index contributed by atoms with van der Waals surface area (Å²) < 4.78 is 0. The Morgan fingerprint density at radius 3 is 2.27 bits per heavy atom. The molecule has 0 bridgehead atoms. The van der Waals surface area contributed by atoms with E-state index in [9.17, 15) is 0 Å². The smallest absolute Gasteiger partial charge is 1.00 e. The Morgan fingerprint density at radius 2 is 1.67 bits per heavy atom. The SMILES string of the molecule is [Br-].[Mg+2].c1ccc(CN2CC[CH-]CC2)cc1. The quantitative estimate of drug-likeness (QED) is 0.501. The van der Waals surface area contributed by atoms with Gasteiger partial charge in [0.1, 0.15) is 0 Å². The summed E-state index contributed by atoms with van der Waals surface area (Å²) in [5.74, 6) is 0. The summed E-state index contributed by atoms with van der Waals surface area (Å²) in [6.07, 6.45) is 4.90. The van der Waals surface area contributed by atoms with Gasteiger partial charge in [-0.25, -0.2) is 0 Å². The van der Waals surface area contributed by atoms with Crippen molar-refractivity contribution in [1.82, 2.24) is 4.90 Å². The van der Waals surface area contributed by atoms with Gasteiger partial charge >= 0.3 is 23.1 Å². The van der Waals surface area contributed by atoms with Crippen molar-refractivity contribution >= 4 is 23.1 Å². The number of hydrogen-bond acceptors (Lipinski definition) is 1. The van der Waals surface area contributed by atoms with Gasteiger partial charge < -0.3 is 28.3 Å². The number of hydrogen-bond donors (Lipinski definition) is 0. The van der Waals surface area contributed by atoms with Crippen LogP contribution in [-0.4, -0.2) is 41.0 Å². The average Bonchev–Trinajstić information content (AvgIpc) is 2.21. The summed E-state index contributed by atoms with van der Waals surface area (Å²) >= 11 is 0. The van der Waals surface area contributed by atoms with E-state index in [-0.39, 0.29) is 40.0 Å². The van der Waals surface area contributed by atoms with E-state index in [4.69, 9.17) is 0 Å². The fourth-order valence-corrected chi connectivity index (χ4v) is 1.80. The maximum Gasteiger partial charge on any atom is 2.00 e. The van der Waals surface area contributed by atoms with Crippen molar-refractivity contribution in [2.75, 3.05) is 13.1 Å². The summed E-state index contributed by atoms with van der Waals surface area (Å²) in [4.78, 5) is 2.52. The molecule has 2 rings (SSSR count). The molecular formula is C12H16BrMgN. The van der Waals surface area contributed by atoms with E-state index in [2.05, 4.69) is 41.7 Å². The molecule has 0 unspecified atom stereocenters. The minimum atomic E-state index is 0. The first-order valence-electron chi connectivity index (χ1n) is 5.03. The minimum absolute atomic E-state index is 0. The Balaban J connectivity index is 0.000000980. The molecular weight excluding hydrogens is 262 g/mol. The van der Waals surface area contributed by atoms with E-state index in [1.54, 1.807) is 0 Å². The number of piperidine rings is 1. The molecule has 0 amide bonds. The Kier molecular flexibility index (Phi) is 8.81. The summed E-state index contributed by atoms with van der Waals surface area (Å²) in [6, 6.07) is 10.7. The number of nitrogens with zero attached hydrogens (tertiary/aromatic N) is 1. The molecule has 1 nitrogen and oxygen atoms in total. The van der Waals surface area contributed by atoms with Crippen LogP contribution in [0.5, 0.6) is 0 Å². The van der Waals surface area contributed by atoms with Crippen LogP contribution < -0.4 is 17.0 Å². The van der Waals surface area contributed by atoms with Crippen molar-refractivity contribution in [3.63, 3.8) is 0 Å². The van der Waals surface area contributed by atoms with Gasteiger partial charge in [0.2, 0.25) is 0 Å². The van der Waals surface area contributed by atoms with Crippen LogP contribution >= 0.6 is 0 Å². The monoisotopic (exact) mass is 277 g/mol. The van der Waals surface area contributed by atoms with Gasteiger partial charge in [0.05, 0.1) is 0 Å². The van der Waals surface area contributed by atoms with Gasteiger partial charge in [0.25, 0.3) is 0 Å². The van der Waals surface area contributed by atoms with Gasteiger partial charge in [0, 0.05) is 6.54 Å². The molecule has 0 saturated carbocycles. The Morgan fingerprint density at radius 1 is 1.07 bits per heavy atom. The molecule has 15 heavy (non-hydrogen) atoms. The van der Waals surface area contributed by atoms with Crippen molar-refractivity contribution in [3.8, 4) is 0 Å². The maximum atomic E-state index is 2.52. The van der Waals surface area contributed by atoms with Crippen molar-refractivity contribution < 1.29 is 17.0 Å². The molecule has 1 aliphatic rings. The number of halogens is 1.